The number of rotatable bonds is 3. The van der Waals surface area contributed by atoms with Gasteiger partial charge in [-0.05, 0) is 30.7 Å². The smallest absolute Gasteiger partial charge is 0.0962 e. The monoisotopic (exact) mass is 182 g/mol. The second-order valence-corrected chi connectivity index (χ2v) is 4.85. The van der Waals surface area contributed by atoms with Crippen LogP contribution in [0.4, 0.5) is 0 Å². The molecule has 1 aliphatic rings. The number of hydrogen-bond acceptors (Lipinski definition) is 2. The van der Waals surface area contributed by atoms with Crippen LogP contribution in [0.5, 0.6) is 0 Å². The van der Waals surface area contributed by atoms with Crippen molar-refractivity contribution in [3.05, 3.63) is 22.4 Å². The first-order chi connectivity index (χ1) is 5.68. The van der Waals surface area contributed by atoms with Crippen LogP contribution in [0, 0.1) is 5.92 Å². The average Bonchev–Trinajstić information content (AvgIpc) is 2.67. The maximum Gasteiger partial charge on any atom is 0.0962 e. The summed E-state index contributed by atoms with van der Waals surface area (Å²) in [5.74, 6) is 0.780. The molecule has 0 aliphatic heterocycles. The van der Waals surface area contributed by atoms with E-state index in [9.17, 15) is 5.11 Å². The van der Waals surface area contributed by atoms with E-state index in [1.165, 1.54) is 12.8 Å². The molecule has 0 aromatic carbocycles. The Morgan fingerprint density at radius 3 is 2.92 bits per heavy atom. The van der Waals surface area contributed by atoms with Crippen LogP contribution < -0.4 is 0 Å². The third-order valence-corrected chi connectivity index (χ3v) is 3.56. The second kappa shape index (κ2) is 2.86. The third kappa shape index (κ3) is 1.70. The molecule has 0 bridgehead atoms. The van der Waals surface area contributed by atoms with E-state index in [1.807, 2.05) is 24.4 Å². The highest BCUT2D eigenvalue weighted by molar-refractivity contribution is 7.10. The first kappa shape index (κ1) is 8.27. The lowest BCUT2D eigenvalue weighted by Crippen LogP contribution is -2.20. The van der Waals surface area contributed by atoms with Gasteiger partial charge in [0, 0.05) is 4.88 Å². The van der Waals surface area contributed by atoms with Gasteiger partial charge in [0.2, 0.25) is 0 Å². The highest BCUT2D eigenvalue weighted by atomic mass is 32.1. The van der Waals surface area contributed by atoms with Crippen LogP contribution in [-0.4, -0.2) is 5.11 Å². The highest BCUT2D eigenvalue weighted by Gasteiger charge is 2.33. The molecule has 0 amide bonds. The Kier molecular flexibility index (Phi) is 1.97. The molecule has 1 nitrogen and oxygen atoms in total. The van der Waals surface area contributed by atoms with E-state index >= 15 is 0 Å². The summed E-state index contributed by atoms with van der Waals surface area (Å²) in [6.45, 7) is 1.93. The van der Waals surface area contributed by atoms with Gasteiger partial charge in [-0.3, -0.25) is 0 Å². The Labute approximate surface area is 77.0 Å². The summed E-state index contributed by atoms with van der Waals surface area (Å²) in [7, 11) is 0. The van der Waals surface area contributed by atoms with Gasteiger partial charge in [-0.1, -0.05) is 18.9 Å². The minimum Gasteiger partial charge on any atom is -0.385 e. The van der Waals surface area contributed by atoms with Gasteiger partial charge < -0.3 is 5.11 Å². The average molecular weight is 182 g/mol. The van der Waals surface area contributed by atoms with E-state index in [0.29, 0.717) is 0 Å². The molecule has 0 saturated heterocycles. The molecule has 1 aliphatic carbocycles. The van der Waals surface area contributed by atoms with Gasteiger partial charge in [0.05, 0.1) is 5.60 Å². The third-order valence-electron chi connectivity index (χ3n) is 2.44. The molecule has 1 atom stereocenters. The fraction of sp³-hybridized carbons (Fsp3) is 0.600. The Balaban J connectivity index is 2.08. The van der Waals surface area contributed by atoms with Crippen molar-refractivity contribution in [1.82, 2.24) is 0 Å². The molecule has 2 rings (SSSR count). The Morgan fingerprint density at radius 2 is 2.42 bits per heavy atom. The number of thiophene rings is 1. The Bertz CT molecular complexity index is 247. The number of aliphatic hydroxyl groups is 1. The van der Waals surface area contributed by atoms with Gasteiger partial charge in [-0.2, -0.15) is 0 Å². The van der Waals surface area contributed by atoms with Gasteiger partial charge in [-0.15, -0.1) is 11.3 Å². The first-order valence-corrected chi connectivity index (χ1v) is 5.33. The van der Waals surface area contributed by atoms with E-state index in [4.69, 9.17) is 0 Å². The van der Waals surface area contributed by atoms with E-state index < -0.39 is 5.60 Å². The van der Waals surface area contributed by atoms with E-state index in [1.54, 1.807) is 11.3 Å². The van der Waals surface area contributed by atoms with Crippen molar-refractivity contribution in [2.45, 2.75) is 31.8 Å². The molecule has 1 saturated carbocycles. The van der Waals surface area contributed by atoms with Crippen LogP contribution in [-0.2, 0) is 5.60 Å². The first-order valence-electron chi connectivity index (χ1n) is 4.45. The summed E-state index contributed by atoms with van der Waals surface area (Å²) in [6, 6.07) is 4.02. The van der Waals surface area contributed by atoms with Gasteiger partial charge in [0.15, 0.2) is 0 Å². The standard InChI is InChI=1S/C10H14OS/c1-10(11,7-8-4-5-8)9-3-2-6-12-9/h2-3,6,8,11H,4-5,7H2,1H3. The maximum absolute atomic E-state index is 10.1. The summed E-state index contributed by atoms with van der Waals surface area (Å²) in [5, 5.41) is 12.1. The fourth-order valence-corrected chi connectivity index (χ4v) is 2.37. The molecule has 2 heteroatoms. The van der Waals surface area contributed by atoms with E-state index in [0.717, 1.165) is 17.2 Å². The van der Waals surface area contributed by atoms with Crippen molar-refractivity contribution in [3.63, 3.8) is 0 Å². The largest absolute Gasteiger partial charge is 0.385 e. The summed E-state index contributed by atoms with van der Waals surface area (Å²) < 4.78 is 0. The molecule has 1 fully saturated rings. The van der Waals surface area contributed by atoms with Crippen molar-refractivity contribution in [2.24, 2.45) is 5.92 Å². The molecule has 0 radical (unpaired) electrons. The van der Waals surface area contributed by atoms with Crippen molar-refractivity contribution < 1.29 is 5.11 Å². The maximum atomic E-state index is 10.1. The van der Waals surface area contributed by atoms with Crippen LogP contribution in [0.2, 0.25) is 0 Å². The lowest BCUT2D eigenvalue weighted by molar-refractivity contribution is 0.0455. The molecule has 66 valence electrons. The van der Waals surface area contributed by atoms with Crippen LogP contribution in [0.1, 0.15) is 31.1 Å². The molecular formula is C10H14OS. The summed E-state index contributed by atoms with van der Waals surface area (Å²) in [6.07, 6.45) is 3.55. The quantitative estimate of drug-likeness (QED) is 0.762. The molecule has 0 spiro atoms. The summed E-state index contributed by atoms with van der Waals surface area (Å²) in [5.41, 5.74) is -0.574. The van der Waals surface area contributed by atoms with Gasteiger partial charge in [-0.25, -0.2) is 0 Å². The van der Waals surface area contributed by atoms with Crippen LogP contribution in [0.15, 0.2) is 17.5 Å². The van der Waals surface area contributed by atoms with E-state index in [2.05, 4.69) is 0 Å². The Morgan fingerprint density at radius 1 is 1.67 bits per heavy atom. The minimum absolute atomic E-state index is 0.574. The van der Waals surface area contributed by atoms with Crippen molar-refractivity contribution in [2.75, 3.05) is 0 Å². The lowest BCUT2D eigenvalue weighted by atomic mass is 9.97. The number of hydrogen-bond donors (Lipinski definition) is 1. The van der Waals surface area contributed by atoms with Gasteiger partial charge in [0.25, 0.3) is 0 Å². The second-order valence-electron chi connectivity index (χ2n) is 3.90. The normalized spacial score (nSPS) is 22.2. The molecule has 12 heavy (non-hydrogen) atoms. The zero-order chi connectivity index (χ0) is 8.60. The molecule has 1 aromatic rings. The topological polar surface area (TPSA) is 20.2 Å². The van der Waals surface area contributed by atoms with Crippen molar-refractivity contribution in [3.8, 4) is 0 Å². The SMILES string of the molecule is CC(O)(CC1CC1)c1cccs1. The molecule has 1 unspecified atom stereocenters. The lowest BCUT2D eigenvalue weighted by Gasteiger charge is -2.21. The van der Waals surface area contributed by atoms with Crippen molar-refractivity contribution >= 4 is 11.3 Å². The predicted octanol–water partition coefficient (Wildman–Crippen LogP) is 2.76. The molecule has 1 N–H and O–H groups in total. The van der Waals surface area contributed by atoms with Crippen LogP contribution >= 0.6 is 11.3 Å². The summed E-state index contributed by atoms with van der Waals surface area (Å²) in [4.78, 5) is 1.11. The Hall–Kier alpha value is -0.340. The van der Waals surface area contributed by atoms with Gasteiger partial charge in [0.1, 0.15) is 0 Å². The molecule has 1 heterocycles. The fourth-order valence-electron chi connectivity index (χ4n) is 1.57. The molecule has 1 aromatic heterocycles. The predicted molar refractivity (Wildman–Crippen MR) is 51.2 cm³/mol. The van der Waals surface area contributed by atoms with Crippen LogP contribution in [0.3, 0.4) is 0 Å². The molecular weight excluding hydrogens is 168 g/mol. The van der Waals surface area contributed by atoms with Crippen LogP contribution in [0.25, 0.3) is 0 Å². The minimum atomic E-state index is -0.574. The van der Waals surface area contributed by atoms with E-state index in [-0.39, 0.29) is 0 Å². The highest BCUT2D eigenvalue weighted by Crippen LogP contribution is 2.41. The zero-order valence-corrected chi connectivity index (χ0v) is 8.10. The zero-order valence-electron chi connectivity index (χ0n) is 7.29. The van der Waals surface area contributed by atoms with Crippen molar-refractivity contribution in [1.29, 1.82) is 0 Å². The van der Waals surface area contributed by atoms with Gasteiger partial charge >= 0.3 is 0 Å². The summed E-state index contributed by atoms with van der Waals surface area (Å²) >= 11 is 1.65.